The zero-order chi connectivity index (χ0) is 19.7. The maximum Gasteiger partial charge on any atom is 0.337 e. The number of aromatic nitrogens is 2. The average molecular weight is 381 g/mol. The maximum atomic E-state index is 13.4. The third-order valence-electron chi connectivity index (χ3n) is 4.82. The lowest BCUT2D eigenvalue weighted by Crippen LogP contribution is -2.44. The zero-order valence-electron chi connectivity index (χ0n) is 15.7. The Balaban J connectivity index is 1.90. The first-order valence-corrected chi connectivity index (χ1v) is 9.07. The monoisotopic (exact) mass is 381 g/mol. The van der Waals surface area contributed by atoms with Crippen LogP contribution in [0.4, 0.5) is 10.2 Å². The van der Waals surface area contributed by atoms with Crippen molar-refractivity contribution in [2.75, 3.05) is 31.8 Å². The van der Waals surface area contributed by atoms with Crippen molar-refractivity contribution in [1.82, 2.24) is 9.97 Å². The van der Waals surface area contributed by atoms with Gasteiger partial charge in [0.05, 0.1) is 43.0 Å². The lowest BCUT2D eigenvalue weighted by molar-refractivity contribution is 0.0601. The number of hydrogen-bond acceptors (Lipinski definition) is 6. The molecule has 1 aliphatic rings. The molecule has 0 saturated carbocycles. The van der Waals surface area contributed by atoms with E-state index in [1.807, 2.05) is 0 Å². The Hall–Kier alpha value is -3.06. The number of esters is 1. The van der Waals surface area contributed by atoms with Crippen LogP contribution in [0.15, 0.2) is 42.5 Å². The minimum absolute atomic E-state index is 0.114. The molecule has 1 saturated heterocycles. The van der Waals surface area contributed by atoms with Gasteiger partial charge in [-0.1, -0.05) is 0 Å². The van der Waals surface area contributed by atoms with Crippen molar-refractivity contribution in [2.45, 2.75) is 13.0 Å². The smallest absolute Gasteiger partial charge is 0.337 e. The van der Waals surface area contributed by atoms with E-state index in [1.165, 1.54) is 19.2 Å². The fraction of sp³-hybridized carbons (Fsp3) is 0.286. The summed E-state index contributed by atoms with van der Waals surface area (Å²) in [6.07, 6.45) is 0. The molecule has 1 aliphatic heterocycles. The molecule has 7 heteroatoms. The molecule has 2 heterocycles. The van der Waals surface area contributed by atoms with Crippen LogP contribution in [0.1, 0.15) is 17.3 Å². The van der Waals surface area contributed by atoms with Gasteiger partial charge in [-0.3, -0.25) is 0 Å². The quantitative estimate of drug-likeness (QED) is 0.648. The second-order valence-corrected chi connectivity index (χ2v) is 6.72. The molecule has 144 valence electrons. The number of halogens is 1. The number of fused-ring (bicyclic) bond motifs is 1. The van der Waals surface area contributed by atoms with E-state index in [0.29, 0.717) is 47.9 Å². The minimum Gasteiger partial charge on any atom is -0.465 e. The first kappa shape index (κ1) is 18.3. The molecular formula is C21H20FN3O3. The summed E-state index contributed by atoms with van der Waals surface area (Å²) >= 11 is 0. The predicted octanol–water partition coefficient (Wildman–Crippen LogP) is 3.45. The van der Waals surface area contributed by atoms with Crippen molar-refractivity contribution in [3.8, 4) is 11.3 Å². The molecule has 1 aromatic heterocycles. The summed E-state index contributed by atoms with van der Waals surface area (Å²) < 4.78 is 23.8. The number of hydrogen-bond donors (Lipinski definition) is 0. The molecular weight excluding hydrogens is 361 g/mol. The van der Waals surface area contributed by atoms with E-state index in [1.54, 1.807) is 30.3 Å². The predicted molar refractivity (Wildman–Crippen MR) is 104 cm³/mol. The highest BCUT2D eigenvalue weighted by Gasteiger charge is 2.25. The fourth-order valence-corrected chi connectivity index (χ4v) is 3.33. The van der Waals surface area contributed by atoms with Crippen molar-refractivity contribution in [2.24, 2.45) is 0 Å². The Labute approximate surface area is 161 Å². The van der Waals surface area contributed by atoms with Crippen LogP contribution in [0.25, 0.3) is 22.3 Å². The number of morpholine rings is 1. The number of nitrogens with zero attached hydrogens (tertiary/aromatic N) is 3. The van der Waals surface area contributed by atoms with Gasteiger partial charge in [0, 0.05) is 12.1 Å². The molecule has 0 amide bonds. The second-order valence-electron chi connectivity index (χ2n) is 6.72. The summed E-state index contributed by atoms with van der Waals surface area (Å²) in [6, 6.07) is 11.4. The lowest BCUT2D eigenvalue weighted by Gasteiger charge is -2.35. The van der Waals surface area contributed by atoms with Gasteiger partial charge in [0.15, 0.2) is 5.82 Å². The summed E-state index contributed by atoms with van der Waals surface area (Å²) in [5.41, 5.74) is 3.12. The van der Waals surface area contributed by atoms with E-state index in [4.69, 9.17) is 19.4 Å². The molecule has 0 aliphatic carbocycles. The standard InChI is InChI=1S/C21H20FN3O3/c1-13-12-28-10-9-25(13)20-19(14-3-6-16(22)7-4-14)23-17-8-5-15(21(26)27-2)11-18(17)24-20/h3-8,11,13H,9-10,12H2,1-2H3. The van der Waals surface area contributed by atoms with Crippen molar-refractivity contribution in [1.29, 1.82) is 0 Å². The molecule has 28 heavy (non-hydrogen) atoms. The van der Waals surface area contributed by atoms with Gasteiger partial charge in [-0.2, -0.15) is 0 Å². The summed E-state index contributed by atoms with van der Waals surface area (Å²) in [5, 5.41) is 0. The Morgan fingerprint density at radius 3 is 2.68 bits per heavy atom. The third-order valence-corrected chi connectivity index (χ3v) is 4.82. The van der Waals surface area contributed by atoms with Crippen LogP contribution in [0.3, 0.4) is 0 Å². The molecule has 0 N–H and O–H groups in total. The third kappa shape index (κ3) is 3.41. The van der Waals surface area contributed by atoms with E-state index < -0.39 is 5.97 Å². The number of ether oxygens (including phenoxy) is 2. The second kappa shape index (κ2) is 7.52. The highest BCUT2D eigenvalue weighted by atomic mass is 19.1. The van der Waals surface area contributed by atoms with E-state index >= 15 is 0 Å². The molecule has 1 fully saturated rings. The summed E-state index contributed by atoms with van der Waals surface area (Å²) in [7, 11) is 1.34. The molecule has 3 aromatic rings. The number of anilines is 1. The minimum atomic E-state index is -0.424. The highest BCUT2D eigenvalue weighted by Crippen LogP contribution is 2.32. The molecule has 6 nitrogen and oxygen atoms in total. The number of rotatable bonds is 3. The number of carbonyl (C=O) groups excluding carboxylic acids is 1. The molecule has 1 atom stereocenters. The van der Waals surface area contributed by atoms with E-state index in [-0.39, 0.29) is 11.9 Å². The topological polar surface area (TPSA) is 64.5 Å². The normalized spacial score (nSPS) is 17.0. The van der Waals surface area contributed by atoms with Crippen LogP contribution in [0.2, 0.25) is 0 Å². The van der Waals surface area contributed by atoms with Gasteiger partial charge in [0.1, 0.15) is 11.5 Å². The van der Waals surface area contributed by atoms with Crippen molar-refractivity contribution < 1.29 is 18.7 Å². The van der Waals surface area contributed by atoms with E-state index in [9.17, 15) is 9.18 Å². The van der Waals surface area contributed by atoms with Gasteiger partial charge in [0.2, 0.25) is 0 Å². The Morgan fingerprint density at radius 2 is 1.96 bits per heavy atom. The van der Waals surface area contributed by atoms with Gasteiger partial charge >= 0.3 is 5.97 Å². The highest BCUT2D eigenvalue weighted by molar-refractivity contribution is 5.94. The Morgan fingerprint density at radius 1 is 1.18 bits per heavy atom. The van der Waals surface area contributed by atoms with Gasteiger partial charge in [-0.15, -0.1) is 0 Å². The largest absolute Gasteiger partial charge is 0.465 e. The zero-order valence-corrected chi connectivity index (χ0v) is 15.7. The van der Waals surface area contributed by atoms with Gasteiger partial charge < -0.3 is 14.4 Å². The van der Waals surface area contributed by atoms with Crippen LogP contribution in [-0.4, -0.2) is 48.8 Å². The summed E-state index contributed by atoms with van der Waals surface area (Å²) in [4.78, 5) is 23.6. The Bertz CT molecular complexity index is 1020. The molecule has 0 bridgehead atoms. The van der Waals surface area contributed by atoms with Crippen LogP contribution < -0.4 is 4.90 Å². The number of carbonyl (C=O) groups is 1. The molecule has 2 aromatic carbocycles. The van der Waals surface area contributed by atoms with E-state index in [0.717, 1.165) is 5.56 Å². The van der Waals surface area contributed by atoms with Crippen LogP contribution >= 0.6 is 0 Å². The van der Waals surface area contributed by atoms with Crippen LogP contribution in [-0.2, 0) is 9.47 Å². The lowest BCUT2D eigenvalue weighted by atomic mass is 10.1. The van der Waals surface area contributed by atoms with Gasteiger partial charge in [-0.05, 0) is 49.4 Å². The van der Waals surface area contributed by atoms with Crippen molar-refractivity contribution in [3.63, 3.8) is 0 Å². The fourth-order valence-electron chi connectivity index (χ4n) is 3.33. The van der Waals surface area contributed by atoms with Gasteiger partial charge in [0.25, 0.3) is 0 Å². The number of methoxy groups -OCH3 is 1. The molecule has 0 spiro atoms. The number of benzene rings is 2. The maximum absolute atomic E-state index is 13.4. The molecule has 1 unspecified atom stereocenters. The summed E-state index contributed by atoms with van der Waals surface area (Å²) in [5.74, 6) is -0.0361. The molecule has 4 rings (SSSR count). The first-order chi connectivity index (χ1) is 13.6. The van der Waals surface area contributed by atoms with E-state index in [2.05, 4.69) is 11.8 Å². The summed E-state index contributed by atoms with van der Waals surface area (Å²) in [6.45, 7) is 3.91. The van der Waals surface area contributed by atoms with Crippen LogP contribution in [0, 0.1) is 5.82 Å². The first-order valence-electron chi connectivity index (χ1n) is 9.07. The van der Waals surface area contributed by atoms with Gasteiger partial charge in [-0.25, -0.2) is 19.2 Å². The average Bonchev–Trinajstić information content (AvgIpc) is 2.73. The molecule has 0 radical (unpaired) electrons. The SMILES string of the molecule is COC(=O)c1ccc2nc(-c3ccc(F)cc3)c(N3CCOCC3C)nc2c1. The van der Waals surface area contributed by atoms with Crippen molar-refractivity contribution >= 4 is 22.8 Å². The Kier molecular flexibility index (Phi) is 4.92. The van der Waals surface area contributed by atoms with Crippen molar-refractivity contribution in [3.05, 3.63) is 53.8 Å². The van der Waals surface area contributed by atoms with Crippen LogP contribution in [0.5, 0.6) is 0 Å².